The summed E-state index contributed by atoms with van der Waals surface area (Å²) in [5.41, 5.74) is 6.26. The maximum Gasteiger partial charge on any atom is 0.0709 e. The number of aromatic nitrogens is 1. The van der Waals surface area contributed by atoms with Gasteiger partial charge in [0.1, 0.15) is 0 Å². The third-order valence-corrected chi connectivity index (χ3v) is 4.70. The van der Waals surface area contributed by atoms with E-state index in [1.165, 1.54) is 41.3 Å². The lowest BCUT2D eigenvalue weighted by atomic mass is 9.86. The number of pyridine rings is 1. The van der Waals surface area contributed by atoms with Crippen LogP contribution in [0.5, 0.6) is 0 Å². The summed E-state index contributed by atoms with van der Waals surface area (Å²) in [5.74, 6) is 0. The zero-order valence-electron chi connectivity index (χ0n) is 12.8. The first-order valence-electron chi connectivity index (χ1n) is 8.01. The Labute approximate surface area is 131 Å². The first-order valence-corrected chi connectivity index (χ1v) is 8.01. The topological polar surface area (TPSA) is 24.9 Å². The highest BCUT2D eigenvalue weighted by Crippen LogP contribution is 2.33. The normalized spacial score (nSPS) is 17.4. The van der Waals surface area contributed by atoms with Gasteiger partial charge in [0.2, 0.25) is 0 Å². The molecule has 0 fully saturated rings. The zero-order chi connectivity index (χ0) is 14.9. The average molecular weight is 288 g/mol. The Hall–Kier alpha value is -2.19. The second-order valence-corrected chi connectivity index (χ2v) is 6.04. The molecule has 1 aliphatic rings. The van der Waals surface area contributed by atoms with E-state index in [-0.39, 0.29) is 0 Å². The van der Waals surface area contributed by atoms with E-state index in [1.807, 2.05) is 6.07 Å². The standard InChI is InChI=1S/C20H20N2/c1-21-20-8-4-6-14-9-10-16(13-17(14)20)19-12-11-15-5-2-3-7-18(15)22-19/h2-3,5,7,9-13,20-21H,4,6,8H2,1H3. The van der Waals surface area contributed by atoms with Crippen molar-refractivity contribution in [2.75, 3.05) is 7.05 Å². The Morgan fingerprint density at radius 1 is 1.05 bits per heavy atom. The molecule has 0 amide bonds. The molecule has 1 atom stereocenters. The summed E-state index contributed by atoms with van der Waals surface area (Å²) in [5, 5.41) is 4.64. The molecule has 4 rings (SSSR count). The molecule has 2 nitrogen and oxygen atoms in total. The molecule has 2 aromatic carbocycles. The summed E-state index contributed by atoms with van der Waals surface area (Å²) in [6.45, 7) is 0. The van der Waals surface area contributed by atoms with Crippen molar-refractivity contribution in [1.29, 1.82) is 0 Å². The third-order valence-electron chi connectivity index (χ3n) is 4.70. The van der Waals surface area contributed by atoms with Gasteiger partial charge in [0.15, 0.2) is 0 Å². The Balaban J connectivity index is 1.81. The largest absolute Gasteiger partial charge is 0.313 e. The summed E-state index contributed by atoms with van der Waals surface area (Å²) in [7, 11) is 2.06. The predicted molar refractivity (Wildman–Crippen MR) is 91.9 cm³/mol. The van der Waals surface area contributed by atoms with Gasteiger partial charge in [-0.2, -0.15) is 0 Å². The van der Waals surface area contributed by atoms with E-state index in [4.69, 9.17) is 4.98 Å². The minimum Gasteiger partial charge on any atom is -0.313 e. The lowest BCUT2D eigenvalue weighted by Crippen LogP contribution is -2.21. The number of rotatable bonds is 2. The van der Waals surface area contributed by atoms with Gasteiger partial charge in [-0.15, -0.1) is 0 Å². The minimum atomic E-state index is 0.476. The molecular formula is C20H20N2. The average Bonchev–Trinajstić information content (AvgIpc) is 2.60. The van der Waals surface area contributed by atoms with Crippen LogP contribution < -0.4 is 5.32 Å². The van der Waals surface area contributed by atoms with E-state index in [0.29, 0.717) is 6.04 Å². The second-order valence-electron chi connectivity index (χ2n) is 6.04. The lowest BCUT2D eigenvalue weighted by molar-refractivity contribution is 0.497. The first kappa shape index (κ1) is 13.5. The molecule has 1 unspecified atom stereocenters. The fraction of sp³-hybridized carbons (Fsp3) is 0.250. The van der Waals surface area contributed by atoms with Crippen LogP contribution in [0.25, 0.3) is 22.2 Å². The summed E-state index contributed by atoms with van der Waals surface area (Å²) in [4.78, 5) is 4.82. The predicted octanol–water partition coefficient (Wildman–Crippen LogP) is 4.50. The number of nitrogens with zero attached hydrogens (tertiary/aromatic N) is 1. The maximum atomic E-state index is 4.82. The van der Waals surface area contributed by atoms with Gasteiger partial charge in [0, 0.05) is 17.0 Å². The van der Waals surface area contributed by atoms with Crippen LogP contribution in [0.1, 0.15) is 30.0 Å². The summed E-state index contributed by atoms with van der Waals surface area (Å²) < 4.78 is 0. The molecule has 1 aromatic heterocycles. The van der Waals surface area contributed by atoms with Gasteiger partial charge in [-0.1, -0.05) is 36.4 Å². The Morgan fingerprint density at radius 2 is 1.95 bits per heavy atom. The smallest absolute Gasteiger partial charge is 0.0709 e. The van der Waals surface area contributed by atoms with Gasteiger partial charge < -0.3 is 5.32 Å². The van der Waals surface area contributed by atoms with Crippen LogP contribution in [0, 0.1) is 0 Å². The highest BCUT2D eigenvalue weighted by Gasteiger charge is 2.19. The van der Waals surface area contributed by atoms with Crippen molar-refractivity contribution in [2.45, 2.75) is 25.3 Å². The van der Waals surface area contributed by atoms with Crippen LogP contribution in [0.2, 0.25) is 0 Å². The van der Waals surface area contributed by atoms with Crippen molar-refractivity contribution in [2.24, 2.45) is 0 Å². The van der Waals surface area contributed by atoms with E-state index in [2.05, 4.69) is 60.9 Å². The fourth-order valence-electron chi connectivity index (χ4n) is 3.49. The number of hydrogen-bond donors (Lipinski definition) is 1. The molecule has 0 radical (unpaired) electrons. The quantitative estimate of drug-likeness (QED) is 0.751. The van der Waals surface area contributed by atoms with Crippen molar-refractivity contribution >= 4 is 10.9 Å². The lowest BCUT2D eigenvalue weighted by Gasteiger charge is -2.25. The molecule has 0 spiro atoms. The summed E-state index contributed by atoms with van der Waals surface area (Å²) in [6.07, 6.45) is 3.68. The highest BCUT2D eigenvalue weighted by molar-refractivity contribution is 5.81. The molecule has 1 heterocycles. The van der Waals surface area contributed by atoms with E-state index in [0.717, 1.165) is 11.2 Å². The van der Waals surface area contributed by atoms with Crippen LogP contribution in [-0.4, -0.2) is 12.0 Å². The van der Waals surface area contributed by atoms with Crippen LogP contribution in [0.4, 0.5) is 0 Å². The maximum absolute atomic E-state index is 4.82. The molecule has 0 bridgehead atoms. The first-order chi connectivity index (χ1) is 10.8. The van der Waals surface area contributed by atoms with Crippen LogP contribution in [0.3, 0.4) is 0 Å². The van der Waals surface area contributed by atoms with Gasteiger partial charge in [-0.3, -0.25) is 0 Å². The van der Waals surface area contributed by atoms with Gasteiger partial charge >= 0.3 is 0 Å². The van der Waals surface area contributed by atoms with Crippen molar-refractivity contribution in [3.8, 4) is 11.3 Å². The van der Waals surface area contributed by atoms with Crippen molar-refractivity contribution in [3.63, 3.8) is 0 Å². The molecule has 0 aliphatic heterocycles. The number of para-hydroxylation sites is 1. The van der Waals surface area contributed by atoms with Gasteiger partial charge in [0.25, 0.3) is 0 Å². The van der Waals surface area contributed by atoms with Crippen LogP contribution >= 0.6 is 0 Å². The minimum absolute atomic E-state index is 0.476. The number of fused-ring (bicyclic) bond motifs is 2. The van der Waals surface area contributed by atoms with Gasteiger partial charge in [-0.05, 0) is 55.6 Å². The number of benzene rings is 2. The molecule has 3 aromatic rings. The van der Waals surface area contributed by atoms with Gasteiger partial charge in [0.05, 0.1) is 11.2 Å². The van der Waals surface area contributed by atoms with Crippen molar-refractivity contribution < 1.29 is 0 Å². The molecule has 0 saturated carbocycles. The fourth-order valence-corrected chi connectivity index (χ4v) is 3.49. The number of aryl methyl sites for hydroxylation is 1. The van der Waals surface area contributed by atoms with Crippen LogP contribution in [0.15, 0.2) is 54.6 Å². The van der Waals surface area contributed by atoms with E-state index in [9.17, 15) is 0 Å². The monoisotopic (exact) mass is 288 g/mol. The molecule has 2 heteroatoms. The molecule has 1 N–H and O–H groups in total. The molecule has 22 heavy (non-hydrogen) atoms. The zero-order valence-corrected chi connectivity index (χ0v) is 12.8. The van der Waals surface area contributed by atoms with E-state index >= 15 is 0 Å². The summed E-state index contributed by atoms with van der Waals surface area (Å²) in [6, 6.07) is 19.9. The van der Waals surface area contributed by atoms with Crippen molar-refractivity contribution in [3.05, 3.63) is 65.7 Å². The Bertz CT molecular complexity index is 823. The van der Waals surface area contributed by atoms with Gasteiger partial charge in [-0.25, -0.2) is 4.98 Å². The number of nitrogens with one attached hydrogen (secondary N) is 1. The van der Waals surface area contributed by atoms with Crippen molar-refractivity contribution in [1.82, 2.24) is 10.3 Å². The highest BCUT2D eigenvalue weighted by atomic mass is 14.9. The number of hydrogen-bond acceptors (Lipinski definition) is 2. The second kappa shape index (κ2) is 5.54. The van der Waals surface area contributed by atoms with E-state index < -0.39 is 0 Å². The molecular weight excluding hydrogens is 268 g/mol. The Morgan fingerprint density at radius 3 is 2.86 bits per heavy atom. The molecule has 0 saturated heterocycles. The Kier molecular flexibility index (Phi) is 3.39. The summed E-state index contributed by atoms with van der Waals surface area (Å²) >= 11 is 0. The van der Waals surface area contributed by atoms with E-state index in [1.54, 1.807) is 0 Å². The molecule has 110 valence electrons. The molecule has 1 aliphatic carbocycles. The SMILES string of the molecule is CNC1CCCc2ccc(-c3ccc4ccccc4n3)cc21. The van der Waals surface area contributed by atoms with Crippen LogP contribution in [-0.2, 0) is 6.42 Å². The third kappa shape index (κ3) is 2.30.